The summed E-state index contributed by atoms with van der Waals surface area (Å²) in [6.07, 6.45) is 5.73. The van der Waals surface area contributed by atoms with Crippen LogP contribution in [0.5, 0.6) is 0 Å². The lowest BCUT2D eigenvalue weighted by Crippen LogP contribution is -2.22. The summed E-state index contributed by atoms with van der Waals surface area (Å²) >= 11 is 0. The second kappa shape index (κ2) is 6.02. The molecule has 1 rings (SSSR count). The van der Waals surface area contributed by atoms with Crippen LogP contribution in [0.1, 0.15) is 39.0 Å². The summed E-state index contributed by atoms with van der Waals surface area (Å²) in [5.41, 5.74) is 5.30. The largest absolute Gasteiger partial charge is 0.388 e. The molecule has 1 saturated heterocycles. The third kappa shape index (κ3) is 4.09. The highest BCUT2D eigenvalue weighted by Gasteiger charge is 2.19. The minimum Gasteiger partial charge on any atom is -0.388 e. The second-order valence-electron chi connectivity index (χ2n) is 4.35. The first-order valence-electron chi connectivity index (χ1n) is 5.77. The van der Waals surface area contributed by atoms with Crippen molar-refractivity contribution in [3.05, 3.63) is 0 Å². The van der Waals surface area contributed by atoms with Crippen LogP contribution in [0.15, 0.2) is 0 Å². The van der Waals surface area contributed by atoms with E-state index in [1.54, 1.807) is 0 Å². The van der Waals surface area contributed by atoms with Gasteiger partial charge in [0.25, 0.3) is 0 Å². The third-order valence-corrected chi connectivity index (χ3v) is 3.12. The Bertz CT molecular complexity index is 179. The van der Waals surface area contributed by atoms with Crippen LogP contribution in [0.4, 0.5) is 0 Å². The number of nitrogens with two attached hydrogens (primary N) is 1. The number of unbranched alkanes of at least 4 members (excludes halogenated alkanes) is 1. The molecule has 0 amide bonds. The molecule has 0 aliphatic carbocycles. The zero-order valence-electron chi connectivity index (χ0n) is 9.26. The lowest BCUT2D eigenvalue weighted by molar-refractivity contribution is 0.316. The van der Waals surface area contributed by atoms with Crippen molar-refractivity contribution in [2.45, 2.75) is 39.0 Å². The van der Waals surface area contributed by atoms with E-state index in [4.69, 9.17) is 11.1 Å². The number of amidine groups is 1. The first kappa shape index (κ1) is 11.5. The van der Waals surface area contributed by atoms with E-state index in [1.165, 1.54) is 38.9 Å². The summed E-state index contributed by atoms with van der Waals surface area (Å²) in [6, 6.07) is 0. The normalized spacial score (nSPS) is 22.8. The number of nitrogens with one attached hydrogen (secondary N) is 1. The van der Waals surface area contributed by atoms with Gasteiger partial charge in [-0.05, 0) is 38.3 Å². The molecule has 0 bridgehead atoms. The van der Waals surface area contributed by atoms with Gasteiger partial charge in [-0.25, -0.2) is 0 Å². The predicted octanol–water partition coefficient (Wildman–Crippen LogP) is 1.82. The van der Waals surface area contributed by atoms with Gasteiger partial charge in [0.1, 0.15) is 0 Å². The van der Waals surface area contributed by atoms with E-state index >= 15 is 0 Å². The number of likely N-dealkylation sites (tertiary alicyclic amines) is 1. The molecule has 1 aliphatic rings. The van der Waals surface area contributed by atoms with Crippen molar-refractivity contribution in [3.8, 4) is 0 Å². The highest BCUT2D eigenvalue weighted by Crippen LogP contribution is 2.19. The second-order valence-corrected chi connectivity index (χ2v) is 4.35. The topological polar surface area (TPSA) is 53.1 Å². The molecule has 0 aromatic carbocycles. The molecule has 1 atom stereocenters. The van der Waals surface area contributed by atoms with Gasteiger partial charge in [-0.2, -0.15) is 0 Å². The Hall–Kier alpha value is -0.570. The molecule has 14 heavy (non-hydrogen) atoms. The van der Waals surface area contributed by atoms with Crippen LogP contribution < -0.4 is 5.73 Å². The Morgan fingerprint density at radius 2 is 2.29 bits per heavy atom. The Labute approximate surface area is 87.2 Å². The summed E-state index contributed by atoms with van der Waals surface area (Å²) in [5.74, 6) is 1.26. The average Bonchev–Trinajstić information content (AvgIpc) is 2.60. The Morgan fingerprint density at radius 3 is 2.86 bits per heavy atom. The van der Waals surface area contributed by atoms with Gasteiger partial charge in [-0.3, -0.25) is 5.41 Å². The molecule has 1 aliphatic heterocycles. The number of hydrogen-bond donors (Lipinski definition) is 2. The van der Waals surface area contributed by atoms with Crippen molar-refractivity contribution in [3.63, 3.8) is 0 Å². The van der Waals surface area contributed by atoms with E-state index in [0.717, 1.165) is 18.8 Å². The smallest absolute Gasteiger partial charge is 0.0905 e. The van der Waals surface area contributed by atoms with Crippen molar-refractivity contribution in [1.29, 1.82) is 5.41 Å². The maximum atomic E-state index is 7.11. The summed E-state index contributed by atoms with van der Waals surface area (Å²) in [5, 5.41) is 7.11. The SMILES string of the molecule is CCC1CCN(CCCCC(=N)N)C1. The summed E-state index contributed by atoms with van der Waals surface area (Å²) in [7, 11) is 0. The summed E-state index contributed by atoms with van der Waals surface area (Å²) in [6.45, 7) is 6.04. The van der Waals surface area contributed by atoms with E-state index in [0.29, 0.717) is 5.84 Å². The van der Waals surface area contributed by atoms with Crippen molar-refractivity contribution in [2.75, 3.05) is 19.6 Å². The number of rotatable bonds is 6. The zero-order valence-corrected chi connectivity index (χ0v) is 9.26. The minimum atomic E-state index is 0.331. The number of hydrogen-bond acceptors (Lipinski definition) is 2. The van der Waals surface area contributed by atoms with Crippen LogP contribution in [-0.2, 0) is 0 Å². The van der Waals surface area contributed by atoms with Crippen molar-refractivity contribution >= 4 is 5.84 Å². The quantitative estimate of drug-likeness (QED) is 0.388. The third-order valence-electron chi connectivity index (χ3n) is 3.12. The van der Waals surface area contributed by atoms with Gasteiger partial charge in [0.15, 0.2) is 0 Å². The molecule has 0 saturated carbocycles. The lowest BCUT2D eigenvalue weighted by atomic mass is 10.1. The zero-order chi connectivity index (χ0) is 10.4. The van der Waals surface area contributed by atoms with Crippen LogP contribution in [-0.4, -0.2) is 30.4 Å². The fourth-order valence-corrected chi connectivity index (χ4v) is 2.10. The fourth-order valence-electron chi connectivity index (χ4n) is 2.10. The van der Waals surface area contributed by atoms with E-state index in [2.05, 4.69) is 11.8 Å². The average molecular weight is 197 g/mol. The van der Waals surface area contributed by atoms with Gasteiger partial charge in [0, 0.05) is 13.0 Å². The van der Waals surface area contributed by atoms with E-state index in [1.807, 2.05) is 0 Å². The summed E-state index contributed by atoms with van der Waals surface area (Å²) < 4.78 is 0. The van der Waals surface area contributed by atoms with Crippen LogP contribution >= 0.6 is 0 Å². The molecule has 3 N–H and O–H groups in total. The van der Waals surface area contributed by atoms with Crippen LogP contribution in [0.25, 0.3) is 0 Å². The van der Waals surface area contributed by atoms with Gasteiger partial charge >= 0.3 is 0 Å². The van der Waals surface area contributed by atoms with Crippen LogP contribution in [0.3, 0.4) is 0 Å². The van der Waals surface area contributed by atoms with Crippen LogP contribution in [0.2, 0.25) is 0 Å². The molecule has 1 heterocycles. The van der Waals surface area contributed by atoms with Gasteiger partial charge in [-0.1, -0.05) is 13.3 Å². The standard InChI is InChI=1S/C11H23N3/c1-2-10-6-8-14(9-10)7-4-3-5-11(12)13/h10H,2-9H2,1H3,(H3,12,13). The molecule has 0 radical (unpaired) electrons. The maximum absolute atomic E-state index is 7.11. The van der Waals surface area contributed by atoms with Crippen molar-refractivity contribution in [2.24, 2.45) is 11.7 Å². The molecule has 0 aromatic rings. The van der Waals surface area contributed by atoms with Crippen molar-refractivity contribution < 1.29 is 0 Å². The highest BCUT2D eigenvalue weighted by molar-refractivity contribution is 5.76. The van der Waals surface area contributed by atoms with Gasteiger partial charge in [0.2, 0.25) is 0 Å². The Kier molecular flexibility index (Phi) is 4.94. The van der Waals surface area contributed by atoms with E-state index in [-0.39, 0.29) is 0 Å². The molecule has 1 fully saturated rings. The molecule has 1 unspecified atom stereocenters. The van der Waals surface area contributed by atoms with Crippen LogP contribution in [0, 0.1) is 11.3 Å². The summed E-state index contributed by atoms with van der Waals surface area (Å²) in [4.78, 5) is 2.55. The predicted molar refractivity (Wildman–Crippen MR) is 60.6 cm³/mol. The lowest BCUT2D eigenvalue weighted by Gasteiger charge is -2.15. The molecule has 3 nitrogen and oxygen atoms in total. The first-order valence-corrected chi connectivity index (χ1v) is 5.77. The molecule has 82 valence electrons. The number of nitrogens with zero attached hydrogens (tertiary/aromatic N) is 1. The minimum absolute atomic E-state index is 0.331. The molecule has 0 spiro atoms. The monoisotopic (exact) mass is 197 g/mol. The maximum Gasteiger partial charge on any atom is 0.0905 e. The molecule has 3 heteroatoms. The van der Waals surface area contributed by atoms with E-state index < -0.39 is 0 Å². The Morgan fingerprint density at radius 1 is 1.50 bits per heavy atom. The Balaban J connectivity index is 2.00. The van der Waals surface area contributed by atoms with Gasteiger partial charge < -0.3 is 10.6 Å². The molecular weight excluding hydrogens is 174 g/mol. The van der Waals surface area contributed by atoms with Gasteiger partial charge in [-0.15, -0.1) is 0 Å². The first-order chi connectivity index (χ1) is 6.72. The molecule has 0 aromatic heterocycles. The highest BCUT2D eigenvalue weighted by atomic mass is 15.1. The van der Waals surface area contributed by atoms with E-state index in [9.17, 15) is 0 Å². The van der Waals surface area contributed by atoms with Crippen molar-refractivity contribution in [1.82, 2.24) is 4.90 Å². The fraction of sp³-hybridized carbons (Fsp3) is 0.909. The molecular formula is C11H23N3. The van der Waals surface area contributed by atoms with Gasteiger partial charge in [0.05, 0.1) is 5.84 Å².